The Morgan fingerprint density at radius 3 is 2.80 bits per heavy atom. The highest BCUT2D eigenvalue weighted by atomic mass is 32.2. The summed E-state index contributed by atoms with van der Waals surface area (Å²) >= 11 is 1.92. The highest BCUT2D eigenvalue weighted by Crippen LogP contribution is 2.23. The zero-order valence-corrected chi connectivity index (χ0v) is 9.85. The van der Waals surface area contributed by atoms with Gasteiger partial charge in [0.15, 0.2) is 0 Å². The Morgan fingerprint density at radius 2 is 2.20 bits per heavy atom. The third-order valence-electron chi connectivity index (χ3n) is 2.67. The van der Waals surface area contributed by atoms with Crippen LogP contribution in [0.1, 0.15) is 12.8 Å². The minimum Gasteiger partial charge on any atom is -0.497 e. The van der Waals surface area contributed by atoms with Crippen LogP contribution in [-0.2, 0) is 0 Å². The Labute approximate surface area is 95.4 Å². The highest BCUT2D eigenvalue weighted by molar-refractivity contribution is 7.99. The van der Waals surface area contributed by atoms with Crippen LogP contribution >= 0.6 is 11.8 Å². The number of hydrogen-bond acceptors (Lipinski definition) is 3. The zero-order chi connectivity index (χ0) is 10.5. The Hall–Kier alpha value is -0.670. The maximum atomic E-state index is 5.13. The molecule has 1 N–H and O–H groups in total. The van der Waals surface area contributed by atoms with E-state index in [1.807, 2.05) is 23.9 Å². The Balaban J connectivity index is 1.82. The van der Waals surface area contributed by atoms with E-state index in [0.29, 0.717) is 6.04 Å². The van der Waals surface area contributed by atoms with Crippen molar-refractivity contribution in [2.24, 2.45) is 0 Å². The first-order valence-electron chi connectivity index (χ1n) is 5.39. The molecule has 0 bridgehead atoms. The molecule has 0 aliphatic carbocycles. The summed E-state index contributed by atoms with van der Waals surface area (Å²) in [5, 5.41) is 3.50. The lowest BCUT2D eigenvalue weighted by atomic mass is 10.3. The Kier molecular flexibility index (Phi) is 3.92. The third-order valence-corrected chi connectivity index (χ3v) is 3.85. The van der Waals surface area contributed by atoms with Gasteiger partial charge in [0.2, 0.25) is 0 Å². The SMILES string of the molecule is COc1ccc(SC[C@H]2CCCN2)cc1. The molecule has 0 amide bonds. The van der Waals surface area contributed by atoms with Crippen molar-refractivity contribution in [3.8, 4) is 5.75 Å². The maximum absolute atomic E-state index is 5.13. The third kappa shape index (κ3) is 3.14. The van der Waals surface area contributed by atoms with Gasteiger partial charge in [-0.3, -0.25) is 0 Å². The van der Waals surface area contributed by atoms with E-state index in [1.54, 1.807) is 7.11 Å². The summed E-state index contributed by atoms with van der Waals surface area (Å²) in [6.07, 6.45) is 2.65. The van der Waals surface area contributed by atoms with Crippen molar-refractivity contribution < 1.29 is 4.74 Å². The van der Waals surface area contributed by atoms with E-state index in [9.17, 15) is 0 Å². The second-order valence-corrected chi connectivity index (χ2v) is 4.87. The van der Waals surface area contributed by atoms with Gasteiger partial charge in [0, 0.05) is 16.7 Å². The molecule has 1 aromatic rings. The molecule has 1 aliphatic heterocycles. The molecule has 1 aliphatic rings. The van der Waals surface area contributed by atoms with Crippen molar-refractivity contribution in [1.29, 1.82) is 0 Å². The summed E-state index contributed by atoms with van der Waals surface area (Å²) in [5.74, 6) is 2.10. The number of benzene rings is 1. The van der Waals surface area contributed by atoms with Crippen molar-refractivity contribution in [2.45, 2.75) is 23.8 Å². The first-order chi connectivity index (χ1) is 7.38. The molecule has 15 heavy (non-hydrogen) atoms. The van der Waals surface area contributed by atoms with Crippen LogP contribution in [0.15, 0.2) is 29.2 Å². The number of hydrogen-bond donors (Lipinski definition) is 1. The average molecular weight is 223 g/mol. The summed E-state index contributed by atoms with van der Waals surface area (Å²) in [6.45, 7) is 1.19. The molecular formula is C12H17NOS. The molecule has 0 saturated carbocycles. The molecule has 0 unspecified atom stereocenters. The summed E-state index contributed by atoms with van der Waals surface area (Å²) in [7, 11) is 1.70. The minimum atomic E-state index is 0.706. The first kappa shape index (κ1) is 10.8. The van der Waals surface area contributed by atoms with Gasteiger partial charge in [0.05, 0.1) is 7.11 Å². The van der Waals surface area contributed by atoms with Crippen molar-refractivity contribution >= 4 is 11.8 Å². The first-order valence-corrected chi connectivity index (χ1v) is 6.37. The van der Waals surface area contributed by atoms with Crippen LogP contribution in [-0.4, -0.2) is 25.4 Å². The van der Waals surface area contributed by atoms with Crippen LogP contribution in [0.5, 0.6) is 5.75 Å². The molecule has 0 aromatic heterocycles. The van der Waals surface area contributed by atoms with E-state index in [1.165, 1.54) is 30.0 Å². The molecule has 0 spiro atoms. The second-order valence-electron chi connectivity index (χ2n) is 3.78. The minimum absolute atomic E-state index is 0.706. The molecule has 82 valence electrons. The molecule has 2 rings (SSSR count). The van der Waals surface area contributed by atoms with Crippen LogP contribution in [0, 0.1) is 0 Å². The zero-order valence-electron chi connectivity index (χ0n) is 9.03. The van der Waals surface area contributed by atoms with Gasteiger partial charge < -0.3 is 10.1 Å². The summed E-state index contributed by atoms with van der Waals surface area (Å²) in [5.41, 5.74) is 0. The predicted octanol–water partition coefficient (Wildman–Crippen LogP) is 2.54. The highest BCUT2D eigenvalue weighted by Gasteiger charge is 2.13. The fourth-order valence-electron chi connectivity index (χ4n) is 1.77. The lowest BCUT2D eigenvalue weighted by Gasteiger charge is -2.09. The van der Waals surface area contributed by atoms with Gasteiger partial charge in [-0.15, -0.1) is 11.8 Å². The molecule has 1 fully saturated rings. The molecule has 1 aromatic carbocycles. The number of thioether (sulfide) groups is 1. The maximum Gasteiger partial charge on any atom is 0.118 e. The summed E-state index contributed by atoms with van der Waals surface area (Å²) < 4.78 is 5.13. The van der Waals surface area contributed by atoms with Crippen LogP contribution in [0.3, 0.4) is 0 Å². The van der Waals surface area contributed by atoms with Gasteiger partial charge in [-0.2, -0.15) is 0 Å². The molecular weight excluding hydrogens is 206 g/mol. The quantitative estimate of drug-likeness (QED) is 0.793. The fraction of sp³-hybridized carbons (Fsp3) is 0.500. The summed E-state index contributed by atoms with van der Waals surface area (Å²) in [6, 6.07) is 8.99. The largest absolute Gasteiger partial charge is 0.497 e. The van der Waals surface area contributed by atoms with Gasteiger partial charge in [-0.05, 0) is 43.7 Å². The lowest BCUT2D eigenvalue weighted by Crippen LogP contribution is -2.23. The van der Waals surface area contributed by atoms with E-state index in [0.717, 1.165) is 5.75 Å². The van der Waals surface area contributed by atoms with Crippen LogP contribution in [0.25, 0.3) is 0 Å². The topological polar surface area (TPSA) is 21.3 Å². The number of rotatable bonds is 4. The van der Waals surface area contributed by atoms with Crippen molar-refractivity contribution in [3.05, 3.63) is 24.3 Å². The van der Waals surface area contributed by atoms with Gasteiger partial charge in [-0.25, -0.2) is 0 Å². The molecule has 0 radical (unpaired) electrons. The molecule has 2 nitrogen and oxygen atoms in total. The van der Waals surface area contributed by atoms with Crippen LogP contribution in [0.4, 0.5) is 0 Å². The molecule has 1 atom stereocenters. The predicted molar refractivity (Wildman–Crippen MR) is 64.7 cm³/mol. The van der Waals surface area contributed by atoms with E-state index in [4.69, 9.17) is 4.74 Å². The van der Waals surface area contributed by atoms with Gasteiger partial charge >= 0.3 is 0 Å². The normalized spacial score (nSPS) is 20.5. The van der Waals surface area contributed by atoms with Gasteiger partial charge in [0.1, 0.15) is 5.75 Å². The van der Waals surface area contributed by atoms with Crippen LogP contribution in [0.2, 0.25) is 0 Å². The lowest BCUT2D eigenvalue weighted by molar-refractivity contribution is 0.414. The molecule has 1 heterocycles. The Morgan fingerprint density at radius 1 is 1.40 bits per heavy atom. The van der Waals surface area contributed by atoms with Crippen molar-refractivity contribution in [3.63, 3.8) is 0 Å². The standard InChI is InChI=1S/C12H17NOS/c1-14-11-4-6-12(7-5-11)15-9-10-3-2-8-13-10/h4-7,10,13H,2-3,8-9H2,1H3/t10-/m1/s1. The van der Waals surface area contributed by atoms with Crippen LogP contribution < -0.4 is 10.1 Å². The molecule has 1 saturated heterocycles. The average Bonchev–Trinajstić information content (AvgIpc) is 2.80. The van der Waals surface area contributed by atoms with Crippen molar-refractivity contribution in [1.82, 2.24) is 5.32 Å². The monoisotopic (exact) mass is 223 g/mol. The Bertz CT molecular complexity index is 293. The van der Waals surface area contributed by atoms with Gasteiger partial charge in [0.25, 0.3) is 0 Å². The fourth-order valence-corrected chi connectivity index (χ4v) is 2.77. The van der Waals surface area contributed by atoms with E-state index in [2.05, 4.69) is 17.4 Å². The van der Waals surface area contributed by atoms with E-state index < -0.39 is 0 Å². The molecule has 3 heteroatoms. The smallest absolute Gasteiger partial charge is 0.118 e. The number of methoxy groups -OCH3 is 1. The van der Waals surface area contributed by atoms with E-state index in [-0.39, 0.29) is 0 Å². The number of nitrogens with one attached hydrogen (secondary N) is 1. The van der Waals surface area contributed by atoms with Crippen molar-refractivity contribution in [2.75, 3.05) is 19.4 Å². The second kappa shape index (κ2) is 5.42. The van der Waals surface area contributed by atoms with Gasteiger partial charge in [-0.1, -0.05) is 0 Å². The van der Waals surface area contributed by atoms with E-state index >= 15 is 0 Å². The number of ether oxygens (including phenoxy) is 1. The summed E-state index contributed by atoms with van der Waals surface area (Å²) in [4.78, 5) is 1.32.